The van der Waals surface area contributed by atoms with Gasteiger partial charge in [-0.15, -0.1) is 0 Å². The van der Waals surface area contributed by atoms with Gasteiger partial charge in [-0.2, -0.15) is 0 Å². The quantitative estimate of drug-likeness (QED) is 0.364. The van der Waals surface area contributed by atoms with Crippen molar-refractivity contribution in [3.05, 3.63) is 0 Å². The zero-order chi connectivity index (χ0) is 13.2. The molecule has 0 aromatic carbocycles. The molecule has 1 saturated carbocycles. The molecular weight excluding hydrogens is 220 g/mol. The van der Waals surface area contributed by atoms with E-state index in [1.54, 1.807) is 0 Å². The van der Waals surface area contributed by atoms with Crippen LogP contribution >= 0.6 is 0 Å². The molecule has 18 heavy (non-hydrogen) atoms. The summed E-state index contributed by atoms with van der Waals surface area (Å²) in [5, 5.41) is 0. The summed E-state index contributed by atoms with van der Waals surface area (Å²) < 4.78 is 0. The molecule has 0 radical (unpaired) electrons. The first-order valence-corrected chi connectivity index (χ1v) is 8.27. The van der Waals surface area contributed by atoms with E-state index in [1.807, 2.05) is 0 Å². The molecule has 1 unspecified atom stereocenters. The van der Waals surface area contributed by atoms with Crippen LogP contribution in [-0.4, -0.2) is 6.04 Å². The lowest BCUT2D eigenvalue weighted by Gasteiger charge is -2.33. The molecule has 2 nitrogen and oxygen atoms in total. The van der Waals surface area contributed by atoms with Gasteiger partial charge in [-0.1, -0.05) is 65.2 Å². The van der Waals surface area contributed by atoms with Gasteiger partial charge < -0.3 is 0 Å². The molecule has 0 amide bonds. The SMILES string of the molecule is CCCCCC(NN)C1CCC(CCCC)CC1. The van der Waals surface area contributed by atoms with Crippen molar-refractivity contribution in [2.24, 2.45) is 17.7 Å². The summed E-state index contributed by atoms with van der Waals surface area (Å²) in [7, 11) is 0. The largest absolute Gasteiger partial charge is 0.271 e. The molecule has 1 aliphatic rings. The standard InChI is InChI=1S/C16H34N2/c1-3-5-7-9-16(18-17)15-12-10-14(11-13-15)8-6-4-2/h14-16,18H,3-13,17H2,1-2H3. The van der Waals surface area contributed by atoms with Crippen LogP contribution in [-0.2, 0) is 0 Å². The first-order chi connectivity index (χ1) is 8.81. The van der Waals surface area contributed by atoms with Gasteiger partial charge in [-0.25, -0.2) is 0 Å². The Balaban J connectivity index is 2.22. The Morgan fingerprint density at radius 2 is 1.67 bits per heavy atom. The third-order valence-corrected chi connectivity index (χ3v) is 4.76. The Bertz CT molecular complexity index is 186. The van der Waals surface area contributed by atoms with E-state index in [1.165, 1.54) is 70.6 Å². The van der Waals surface area contributed by atoms with Crippen molar-refractivity contribution in [3.8, 4) is 0 Å². The average Bonchev–Trinajstić information content (AvgIpc) is 2.42. The molecule has 1 fully saturated rings. The summed E-state index contributed by atoms with van der Waals surface area (Å²) in [6.45, 7) is 4.57. The van der Waals surface area contributed by atoms with Gasteiger partial charge in [0.15, 0.2) is 0 Å². The summed E-state index contributed by atoms with van der Waals surface area (Å²) >= 11 is 0. The van der Waals surface area contributed by atoms with E-state index in [0.717, 1.165) is 11.8 Å². The highest BCUT2D eigenvalue weighted by Crippen LogP contribution is 2.34. The van der Waals surface area contributed by atoms with Gasteiger partial charge >= 0.3 is 0 Å². The van der Waals surface area contributed by atoms with E-state index in [4.69, 9.17) is 5.84 Å². The van der Waals surface area contributed by atoms with Crippen molar-refractivity contribution in [3.63, 3.8) is 0 Å². The van der Waals surface area contributed by atoms with Crippen LogP contribution in [0.3, 0.4) is 0 Å². The fourth-order valence-electron chi connectivity index (χ4n) is 3.44. The van der Waals surface area contributed by atoms with Crippen molar-refractivity contribution in [2.45, 2.75) is 90.5 Å². The second-order valence-electron chi connectivity index (χ2n) is 6.19. The lowest BCUT2D eigenvalue weighted by molar-refractivity contribution is 0.204. The minimum absolute atomic E-state index is 0.573. The van der Waals surface area contributed by atoms with Gasteiger partial charge in [0.1, 0.15) is 0 Å². The Hall–Kier alpha value is -0.0800. The lowest BCUT2D eigenvalue weighted by Crippen LogP contribution is -2.42. The molecule has 3 N–H and O–H groups in total. The van der Waals surface area contributed by atoms with Crippen molar-refractivity contribution < 1.29 is 0 Å². The second-order valence-corrected chi connectivity index (χ2v) is 6.19. The molecule has 0 heterocycles. The Morgan fingerprint density at radius 1 is 1.00 bits per heavy atom. The topological polar surface area (TPSA) is 38.0 Å². The minimum Gasteiger partial charge on any atom is -0.271 e. The van der Waals surface area contributed by atoms with Crippen LogP contribution in [0.2, 0.25) is 0 Å². The Labute approximate surface area is 114 Å². The number of nitrogens with two attached hydrogens (primary N) is 1. The summed E-state index contributed by atoms with van der Waals surface area (Å²) in [4.78, 5) is 0. The predicted octanol–water partition coefficient (Wildman–Crippen LogP) is 4.40. The first kappa shape index (κ1) is 16.0. The number of hydrogen-bond acceptors (Lipinski definition) is 2. The van der Waals surface area contributed by atoms with Gasteiger partial charge in [-0.3, -0.25) is 11.3 Å². The third kappa shape index (κ3) is 5.71. The molecule has 1 aliphatic carbocycles. The van der Waals surface area contributed by atoms with Crippen LogP contribution < -0.4 is 11.3 Å². The third-order valence-electron chi connectivity index (χ3n) is 4.76. The van der Waals surface area contributed by atoms with Gasteiger partial charge in [0.2, 0.25) is 0 Å². The van der Waals surface area contributed by atoms with Crippen LogP contribution in [0.1, 0.15) is 84.5 Å². The highest BCUT2D eigenvalue weighted by Gasteiger charge is 2.26. The van der Waals surface area contributed by atoms with E-state index >= 15 is 0 Å². The number of unbranched alkanes of at least 4 members (excludes halogenated alkanes) is 3. The van der Waals surface area contributed by atoms with Gasteiger partial charge in [0.05, 0.1) is 0 Å². The Kier molecular flexibility index (Phi) is 8.70. The molecule has 0 bridgehead atoms. The van der Waals surface area contributed by atoms with Crippen LogP contribution in [0.15, 0.2) is 0 Å². The van der Waals surface area contributed by atoms with E-state index in [0.29, 0.717) is 6.04 Å². The minimum atomic E-state index is 0.573. The number of hydrazine groups is 1. The normalized spacial score (nSPS) is 26.2. The van der Waals surface area contributed by atoms with Crippen molar-refractivity contribution in [2.75, 3.05) is 0 Å². The zero-order valence-corrected chi connectivity index (χ0v) is 12.6. The van der Waals surface area contributed by atoms with Crippen LogP contribution in [0.25, 0.3) is 0 Å². The highest BCUT2D eigenvalue weighted by molar-refractivity contribution is 4.80. The lowest BCUT2D eigenvalue weighted by atomic mass is 9.76. The average molecular weight is 254 g/mol. The van der Waals surface area contributed by atoms with E-state index in [2.05, 4.69) is 19.3 Å². The summed E-state index contributed by atoms with van der Waals surface area (Å²) in [6.07, 6.45) is 15.2. The molecule has 0 aromatic heterocycles. The monoisotopic (exact) mass is 254 g/mol. The molecule has 0 aromatic rings. The highest BCUT2D eigenvalue weighted by atomic mass is 15.2. The molecule has 1 atom stereocenters. The molecule has 2 heteroatoms. The molecule has 0 spiro atoms. The molecule has 0 aliphatic heterocycles. The zero-order valence-electron chi connectivity index (χ0n) is 12.6. The number of nitrogens with one attached hydrogen (secondary N) is 1. The molecule has 0 saturated heterocycles. The second kappa shape index (κ2) is 9.80. The maximum Gasteiger partial charge on any atom is 0.0238 e. The molecular formula is C16H34N2. The Morgan fingerprint density at radius 3 is 2.22 bits per heavy atom. The summed E-state index contributed by atoms with van der Waals surface area (Å²) in [6, 6.07) is 0.573. The predicted molar refractivity (Wildman–Crippen MR) is 80.2 cm³/mol. The van der Waals surface area contributed by atoms with Crippen molar-refractivity contribution in [1.29, 1.82) is 0 Å². The van der Waals surface area contributed by atoms with E-state index in [-0.39, 0.29) is 0 Å². The maximum absolute atomic E-state index is 5.75. The summed E-state index contributed by atoms with van der Waals surface area (Å²) in [5.74, 6) is 7.60. The number of rotatable bonds is 9. The van der Waals surface area contributed by atoms with Crippen LogP contribution in [0.5, 0.6) is 0 Å². The van der Waals surface area contributed by atoms with Gasteiger partial charge in [0.25, 0.3) is 0 Å². The van der Waals surface area contributed by atoms with Crippen molar-refractivity contribution in [1.82, 2.24) is 5.43 Å². The number of hydrogen-bond donors (Lipinski definition) is 2. The van der Waals surface area contributed by atoms with E-state index in [9.17, 15) is 0 Å². The van der Waals surface area contributed by atoms with Gasteiger partial charge in [-0.05, 0) is 31.1 Å². The molecule has 1 rings (SSSR count). The molecule has 108 valence electrons. The fourth-order valence-corrected chi connectivity index (χ4v) is 3.44. The van der Waals surface area contributed by atoms with Crippen LogP contribution in [0.4, 0.5) is 0 Å². The van der Waals surface area contributed by atoms with Crippen molar-refractivity contribution >= 4 is 0 Å². The van der Waals surface area contributed by atoms with E-state index < -0.39 is 0 Å². The maximum atomic E-state index is 5.75. The smallest absolute Gasteiger partial charge is 0.0238 e. The van der Waals surface area contributed by atoms with Gasteiger partial charge in [0, 0.05) is 6.04 Å². The summed E-state index contributed by atoms with van der Waals surface area (Å²) in [5.41, 5.74) is 3.09. The first-order valence-electron chi connectivity index (χ1n) is 8.27. The fraction of sp³-hybridized carbons (Fsp3) is 1.00. The van der Waals surface area contributed by atoms with Crippen LogP contribution in [0, 0.1) is 11.8 Å².